The highest BCUT2D eigenvalue weighted by Gasteiger charge is 2.07. The maximum absolute atomic E-state index is 11.8. The summed E-state index contributed by atoms with van der Waals surface area (Å²) >= 11 is 0. The highest BCUT2D eigenvalue weighted by molar-refractivity contribution is 5.95. The van der Waals surface area contributed by atoms with Crippen molar-refractivity contribution in [3.05, 3.63) is 48.0 Å². The summed E-state index contributed by atoms with van der Waals surface area (Å²) in [4.78, 5) is 11.8. The fourth-order valence-electron chi connectivity index (χ4n) is 1.34. The second-order valence-corrected chi connectivity index (χ2v) is 3.30. The number of benzene rings is 1. The van der Waals surface area contributed by atoms with E-state index in [2.05, 4.69) is 10.2 Å². The number of ketones is 1. The molecule has 4 nitrogen and oxygen atoms in total. The molecular formula is C11H11N3O. The van der Waals surface area contributed by atoms with E-state index in [0.717, 1.165) is 5.82 Å². The van der Waals surface area contributed by atoms with Crippen molar-refractivity contribution in [2.75, 3.05) is 0 Å². The van der Waals surface area contributed by atoms with Gasteiger partial charge in [-0.15, -0.1) is 10.2 Å². The quantitative estimate of drug-likeness (QED) is 0.706. The zero-order valence-electron chi connectivity index (χ0n) is 8.42. The predicted molar refractivity (Wildman–Crippen MR) is 55.5 cm³/mol. The molecule has 4 heteroatoms. The van der Waals surface area contributed by atoms with Crippen molar-refractivity contribution in [3.63, 3.8) is 0 Å². The average molecular weight is 201 g/mol. The Morgan fingerprint density at radius 3 is 2.67 bits per heavy atom. The Morgan fingerprint density at radius 1 is 1.33 bits per heavy atom. The van der Waals surface area contributed by atoms with Crippen LogP contribution in [-0.4, -0.2) is 20.5 Å². The van der Waals surface area contributed by atoms with Crippen molar-refractivity contribution < 1.29 is 4.79 Å². The minimum absolute atomic E-state index is 0.0681. The number of Topliss-reactive ketones (excluding diaryl/α,β-unsaturated/α-hetero) is 1. The van der Waals surface area contributed by atoms with Gasteiger partial charge in [-0.3, -0.25) is 4.79 Å². The van der Waals surface area contributed by atoms with Gasteiger partial charge in [-0.25, -0.2) is 0 Å². The molecule has 0 fully saturated rings. The molecule has 0 spiro atoms. The summed E-state index contributed by atoms with van der Waals surface area (Å²) in [6.07, 6.45) is 1.57. The highest BCUT2D eigenvalue weighted by Crippen LogP contribution is 2.03. The first-order valence-corrected chi connectivity index (χ1v) is 4.70. The van der Waals surface area contributed by atoms with Crippen LogP contribution in [0.2, 0.25) is 0 Å². The summed E-state index contributed by atoms with van der Waals surface area (Å²) in [5.74, 6) is 0.817. The average Bonchev–Trinajstić information content (AvgIpc) is 2.66. The molecule has 0 N–H and O–H groups in total. The molecule has 1 aromatic heterocycles. The number of carbonyl (C=O) groups excluding carboxylic acids is 1. The lowest BCUT2D eigenvalue weighted by Crippen LogP contribution is -2.10. The lowest BCUT2D eigenvalue weighted by molar-refractivity contribution is 0.0971. The van der Waals surface area contributed by atoms with Crippen molar-refractivity contribution in [1.29, 1.82) is 0 Å². The minimum atomic E-state index is 0.0681. The van der Waals surface area contributed by atoms with Crippen LogP contribution in [0.5, 0.6) is 0 Å². The van der Waals surface area contributed by atoms with Gasteiger partial charge in [-0.05, 0) is 6.92 Å². The van der Waals surface area contributed by atoms with E-state index < -0.39 is 0 Å². The molecule has 0 aliphatic rings. The first-order valence-electron chi connectivity index (χ1n) is 4.70. The molecule has 0 saturated carbocycles. The third-order valence-corrected chi connectivity index (χ3v) is 2.22. The first kappa shape index (κ1) is 9.58. The molecule has 15 heavy (non-hydrogen) atoms. The van der Waals surface area contributed by atoms with Gasteiger partial charge in [0.25, 0.3) is 0 Å². The van der Waals surface area contributed by atoms with E-state index in [9.17, 15) is 4.79 Å². The molecule has 0 saturated heterocycles. The standard InChI is InChI=1S/C11H11N3O/c1-9-13-12-8-14(9)7-11(15)10-5-3-2-4-6-10/h2-6,8H,7H2,1H3. The molecule has 1 heterocycles. The summed E-state index contributed by atoms with van der Waals surface area (Å²) in [5, 5.41) is 7.55. The molecule has 0 aliphatic heterocycles. The van der Waals surface area contributed by atoms with E-state index in [4.69, 9.17) is 0 Å². The van der Waals surface area contributed by atoms with Crippen LogP contribution in [0, 0.1) is 6.92 Å². The number of aromatic nitrogens is 3. The van der Waals surface area contributed by atoms with Crippen molar-refractivity contribution in [1.82, 2.24) is 14.8 Å². The third-order valence-electron chi connectivity index (χ3n) is 2.22. The number of aryl methyl sites for hydroxylation is 1. The van der Waals surface area contributed by atoms with Gasteiger partial charge < -0.3 is 4.57 Å². The molecular weight excluding hydrogens is 190 g/mol. The fraction of sp³-hybridized carbons (Fsp3) is 0.182. The van der Waals surface area contributed by atoms with E-state index in [1.54, 1.807) is 10.9 Å². The smallest absolute Gasteiger partial charge is 0.182 e. The van der Waals surface area contributed by atoms with Crippen LogP contribution in [0.3, 0.4) is 0 Å². The van der Waals surface area contributed by atoms with Crippen LogP contribution in [-0.2, 0) is 6.54 Å². The van der Waals surface area contributed by atoms with Crippen LogP contribution in [0.4, 0.5) is 0 Å². The third kappa shape index (κ3) is 2.10. The Morgan fingerprint density at radius 2 is 2.07 bits per heavy atom. The van der Waals surface area contributed by atoms with Gasteiger partial charge in [0.15, 0.2) is 5.78 Å². The molecule has 0 aliphatic carbocycles. The summed E-state index contributed by atoms with van der Waals surface area (Å²) in [7, 11) is 0. The van der Waals surface area contributed by atoms with Crippen LogP contribution >= 0.6 is 0 Å². The van der Waals surface area contributed by atoms with E-state index in [-0.39, 0.29) is 5.78 Å². The molecule has 0 radical (unpaired) electrons. The lowest BCUT2D eigenvalue weighted by atomic mass is 10.1. The summed E-state index contributed by atoms with van der Waals surface area (Å²) in [6, 6.07) is 9.21. The van der Waals surface area contributed by atoms with E-state index in [1.807, 2.05) is 37.3 Å². The van der Waals surface area contributed by atoms with Gasteiger partial charge in [0.05, 0.1) is 6.54 Å². The minimum Gasteiger partial charge on any atom is -0.310 e. The maximum Gasteiger partial charge on any atom is 0.182 e. The zero-order valence-corrected chi connectivity index (χ0v) is 8.42. The van der Waals surface area contributed by atoms with Gasteiger partial charge in [-0.1, -0.05) is 30.3 Å². The first-order chi connectivity index (χ1) is 7.27. The molecule has 0 bridgehead atoms. The molecule has 0 unspecified atom stereocenters. The Kier molecular flexibility index (Phi) is 2.58. The van der Waals surface area contributed by atoms with Crippen LogP contribution in [0.1, 0.15) is 16.2 Å². The summed E-state index contributed by atoms with van der Waals surface area (Å²) < 4.78 is 1.73. The monoisotopic (exact) mass is 201 g/mol. The number of nitrogens with zero attached hydrogens (tertiary/aromatic N) is 3. The second-order valence-electron chi connectivity index (χ2n) is 3.30. The Balaban J connectivity index is 2.15. The zero-order chi connectivity index (χ0) is 10.7. The van der Waals surface area contributed by atoms with E-state index in [1.165, 1.54) is 0 Å². The molecule has 1 aromatic carbocycles. The largest absolute Gasteiger partial charge is 0.310 e. The van der Waals surface area contributed by atoms with Gasteiger partial charge in [0.2, 0.25) is 0 Å². The van der Waals surface area contributed by atoms with Crippen molar-refractivity contribution in [2.24, 2.45) is 0 Å². The van der Waals surface area contributed by atoms with Gasteiger partial charge in [0.1, 0.15) is 12.2 Å². The summed E-state index contributed by atoms with van der Waals surface area (Å²) in [5.41, 5.74) is 0.714. The van der Waals surface area contributed by atoms with Crippen LogP contribution in [0.25, 0.3) is 0 Å². The van der Waals surface area contributed by atoms with Crippen LogP contribution < -0.4 is 0 Å². The maximum atomic E-state index is 11.8. The van der Waals surface area contributed by atoms with Gasteiger partial charge in [-0.2, -0.15) is 0 Å². The Hall–Kier alpha value is -1.97. The number of rotatable bonds is 3. The molecule has 0 atom stereocenters. The highest BCUT2D eigenvalue weighted by atomic mass is 16.1. The van der Waals surface area contributed by atoms with E-state index in [0.29, 0.717) is 12.1 Å². The molecule has 0 amide bonds. The SMILES string of the molecule is Cc1nncn1CC(=O)c1ccccc1. The second kappa shape index (κ2) is 4.04. The molecule has 2 aromatic rings. The summed E-state index contributed by atoms with van der Waals surface area (Å²) in [6.45, 7) is 2.12. The van der Waals surface area contributed by atoms with Crippen molar-refractivity contribution in [3.8, 4) is 0 Å². The normalized spacial score (nSPS) is 10.2. The van der Waals surface area contributed by atoms with E-state index >= 15 is 0 Å². The lowest BCUT2D eigenvalue weighted by Gasteiger charge is -2.02. The number of hydrogen-bond acceptors (Lipinski definition) is 3. The topological polar surface area (TPSA) is 47.8 Å². The number of carbonyl (C=O) groups is 1. The number of hydrogen-bond donors (Lipinski definition) is 0. The molecule has 76 valence electrons. The Labute approximate surface area is 87.6 Å². The van der Waals surface area contributed by atoms with Crippen molar-refractivity contribution >= 4 is 5.78 Å². The van der Waals surface area contributed by atoms with Gasteiger partial charge >= 0.3 is 0 Å². The van der Waals surface area contributed by atoms with Crippen LogP contribution in [0.15, 0.2) is 36.7 Å². The fourth-order valence-corrected chi connectivity index (χ4v) is 1.34. The van der Waals surface area contributed by atoms with Gasteiger partial charge in [0, 0.05) is 5.56 Å². The van der Waals surface area contributed by atoms with Crippen molar-refractivity contribution in [2.45, 2.75) is 13.5 Å². The predicted octanol–water partition coefficient (Wildman–Crippen LogP) is 1.47. The molecule has 2 rings (SSSR count). The Bertz CT molecular complexity index is 462.